The summed E-state index contributed by atoms with van der Waals surface area (Å²) in [5, 5.41) is 22.6. The first-order chi connectivity index (χ1) is 10.5. The Balaban J connectivity index is 1.98. The molecule has 3 aromatic rings. The zero-order valence-corrected chi connectivity index (χ0v) is 13.1. The van der Waals surface area contributed by atoms with E-state index in [4.69, 9.17) is 0 Å². The lowest BCUT2D eigenvalue weighted by Gasteiger charge is -2.06. The molecule has 0 unspecified atom stereocenters. The summed E-state index contributed by atoms with van der Waals surface area (Å²) in [6, 6.07) is 10.0. The van der Waals surface area contributed by atoms with Gasteiger partial charge in [-0.2, -0.15) is 5.10 Å². The van der Waals surface area contributed by atoms with Gasteiger partial charge in [0.1, 0.15) is 5.69 Å². The fraction of sp³-hybridized carbons (Fsp3) is 0.235. The maximum absolute atomic E-state index is 9.85. The molecule has 5 heteroatoms. The smallest absolute Gasteiger partial charge is 0.176 e. The number of aromatic hydroxyl groups is 1. The van der Waals surface area contributed by atoms with Crippen LogP contribution in [0.15, 0.2) is 30.3 Å². The molecule has 0 aliphatic carbocycles. The highest BCUT2D eigenvalue weighted by Crippen LogP contribution is 2.24. The van der Waals surface area contributed by atoms with Gasteiger partial charge in [0.2, 0.25) is 0 Å². The standard InChI is InChI=1S/C17H18N4O/c1-10-5-6-14(9-11(10)2)15-7-8-16(19-18-15)21-13(4)17(22)12(3)20-21/h5-9,22H,1-4H3. The summed E-state index contributed by atoms with van der Waals surface area (Å²) >= 11 is 0. The molecule has 2 aromatic heterocycles. The molecule has 2 heterocycles. The van der Waals surface area contributed by atoms with Gasteiger partial charge in [-0.15, -0.1) is 10.2 Å². The monoisotopic (exact) mass is 294 g/mol. The van der Waals surface area contributed by atoms with E-state index in [1.54, 1.807) is 18.5 Å². The fourth-order valence-corrected chi connectivity index (χ4v) is 2.35. The van der Waals surface area contributed by atoms with Crippen LogP contribution >= 0.6 is 0 Å². The largest absolute Gasteiger partial charge is 0.504 e. The molecule has 0 aliphatic heterocycles. The van der Waals surface area contributed by atoms with Crippen LogP contribution < -0.4 is 0 Å². The van der Waals surface area contributed by atoms with Crippen LogP contribution in [-0.4, -0.2) is 25.1 Å². The van der Waals surface area contributed by atoms with E-state index in [1.165, 1.54) is 11.1 Å². The van der Waals surface area contributed by atoms with Gasteiger partial charge in [0, 0.05) is 5.56 Å². The van der Waals surface area contributed by atoms with Crippen molar-refractivity contribution in [3.8, 4) is 22.8 Å². The zero-order chi connectivity index (χ0) is 15.9. The molecule has 0 aliphatic rings. The maximum atomic E-state index is 9.85. The zero-order valence-electron chi connectivity index (χ0n) is 13.1. The van der Waals surface area contributed by atoms with E-state index in [-0.39, 0.29) is 5.75 Å². The van der Waals surface area contributed by atoms with Gasteiger partial charge in [-0.1, -0.05) is 12.1 Å². The maximum Gasteiger partial charge on any atom is 0.176 e. The van der Waals surface area contributed by atoms with Crippen molar-refractivity contribution in [3.63, 3.8) is 0 Å². The van der Waals surface area contributed by atoms with E-state index >= 15 is 0 Å². The Labute approximate surface area is 129 Å². The third kappa shape index (κ3) is 2.35. The van der Waals surface area contributed by atoms with Crippen molar-refractivity contribution in [1.29, 1.82) is 0 Å². The molecule has 22 heavy (non-hydrogen) atoms. The minimum atomic E-state index is 0.194. The van der Waals surface area contributed by atoms with Gasteiger partial charge in [-0.3, -0.25) is 0 Å². The molecule has 112 valence electrons. The van der Waals surface area contributed by atoms with Crippen LogP contribution in [0.2, 0.25) is 0 Å². The summed E-state index contributed by atoms with van der Waals surface area (Å²) in [7, 11) is 0. The van der Waals surface area contributed by atoms with Crippen LogP contribution in [0.4, 0.5) is 0 Å². The summed E-state index contributed by atoms with van der Waals surface area (Å²) in [4.78, 5) is 0. The van der Waals surface area contributed by atoms with Crippen molar-refractivity contribution in [3.05, 3.63) is 52.8 Å². The Morgan fingerprint density at radius 2 is 1.68 bits per heavy atom. The molecule has 0 amide bonds. The Hall–Kier alpha value is -2.69. The Morgan fingerprint density at radius 3 is 2.23 bits per heavy atom. The quantitative estimate of drug-likeness (QED) is 0.788. The average Bonchev–Trinajstić information content (AvgIpc) is 2.78. The van der Waals surface area contributed by atoms with Crippen molar-refractivity contribution in [2.45, 2.75) is 27.7 Å². The highest BCUT2D eigenvalue weighted by atomic mass is 16.3. The molecule has 0 atom stereocenters. The fourth-order valence-electron chi connectivity index (χ4n) is 2.35. The highest BCUT2D eigenvalue weighted by Gasteiger charge is 2.13. The molecule has 0 fully saturated rings. The summed E-state index contributed by atoms with van der Waals surface area (Å²) in [5.41, 5.74) is 5.58. The summed E-state index contributed by atoms with van der Waals surface area (Å²) < 4.78 is 1.60. The third-order valence-corrected chi connectivity index (χ3v) is 3.92. The van der Waals surface area contributed by atoms with Gasteiger partial charge in [0.15, 0.2) is 11.6 Å². The Morgan fingerprint density at radius 1 is 0.909 bits per heavy atom. The summed E-state index contributed by atoms with van der Waals surface area (Å²) in [6.45, 7) is 7.73. The molecular formula is C17H18N4O. The molecule has 0 spiro atoms. The van der Waals surface area contributed by atoms with Crippen LogP contribution in [-0.2, 0) is 0 Å². The van der Waals surface area contributed by atoms with Gasteiger partial charge in [-0.05, 0) is 57.0 Å². The van der Waals surface area contributed by atoms with Gasteiger partial charge in [0.05, 0.1) is 11.4 Å². The van der Waals surface area contributed by atoms with Gasteiger partial charge in [0.25, 0.3) is 0 Å². The molecule has 0 saturated carbocycles. The first kappa shape index (κ1) is 14.3. The van der Waals surface area contributed by atoms with Crippen LogP contribution in [0.1, 0.15) is 22.5 Å². The molecule has 5 nitrogen and oxygen atoms in total. The van der Waals surface area contributed by atoms with Gasteiger partial charge >= 0.3 is 0 Å². The van der Waals surface area contributed by atoms with E-state index in [2.05, 4.69) is 41.3 Å². The minimum absolute atomic E-state index is 0.194. The molecular weight excluding hydrogens is 276 g/mol. The number of aromatic nitrogens is 4. The first-order valence-corrected chi connectivity index (χ1v) is 7.14. The average molecular weight is 294 g/mol. The second-order valence-corrected chi connectivity index (χ2v) is 5.51. The minimum Gasteiger partial charge on any atom is -0.504 e. The van der Waals surface area contributed by atoms with Crippen LogP contribution in [0, 0.1) is 27.7 Å². The van der Waals surface area contributed by atoms with Crippen LogP contribution in [0.3, 0.4) is 0 Å². The SMILES string of the molecule is Cc1ccc(-c2ccc(-n3nc(C)c(O)c3C)nn2)cc1C. The van der Waals surface area contributed by atoms with Crippen LogP contribution in [0.25, 0.3) is 17.1 Å². The number of nitrogens with zero attached hydrogens (tertiary/aromatic N) is 4. The normalized spacial score (nSPS) is 10.9. The van der Waals surface area contributed by atoms with Crippen molar-refractivity contribution in [2.75, 3.05) is 0 Å². The third-order valence-electron chi connectivity index (χ3n) is 3.92. The molecule has 0 saturated heterocycles. The number of hydrogen-bond donors (Lipinski definition) is 1. The molecule has 0 bridgehead atoms. The Bertz CT molecular complexity index is 835. The highest BCUT2D eigenvalue weighted by molar-refractivity contribution is 5.60. The van der Waals surface area contributed by atoms with Gasteiger partial charge in [-0.25, -0.2) is 4.68 Å². The predicted molar refractivity (Wildman–Crippen MR) is 85.2 cm³/mol. The summed E-state index contributed by atoms with van der Waals surface area (Å²) in [6.07, 6.45) is 0. The number of aryl methyl sites for hydroxylation is 3. The Kier molecular flexibility index (Phi) is 3.41. The second kappa shape index (κ2) is 5.26. The molecule has 3 rings (SSSR count). The molecule has 1 N–H and O–H groups in total. The van der Waals surface area contributed by atoms with Crippen molar-refractivity contribution in [2.24, 2.45) is 0 Å². The van der Waals surface area contributed by atoms with E-state index in [1.807, 2.05) is 18.2 Å². The van der Waals surface area contributed by atoms with E-state index in [0.29, 0.717) is 17.2 Å². The lowest BCUT2D eigenvalue weighted by Crippen LogP contribution is -2.03. The lowest BCUT2D eigenvalue weighted by atomic mass is 10.0. The van der Waals surface area contributed by atoms with Crippen molar-refractivity contribution in [1.82, 2.24) is 20.0 Å². The lowest BCUT2D eigenvalue weighted by molar-refractivity contribution is 0.466. The number of benzene rings is 1. The van der Waals surface area contributed by atoms with Crippen LogP contribution in [0.5, 0.6) is 5.75 Å². The number of rotatable bonds is 2. The second-order valence-electron chi connectivity index (χ2n) is 5.51. The predicted octanol–water partition coefficient (Wildman–Crippen LogP) is 3.27. The van der Waals surface area contributed by atoms with Crippen molar-refractivity contribution < 1.29 is 5.11 Å². The first-order valence-electron chi connectivity index (χ1n) is 7.14. The van der Waals surface area contributed by atoms with E-state index < -0.39 is 0 Å². The van der Waals surface area contributed by atoms with Gasteiger partial charge < -0.3 is 5.11 Å². The number of hydrogen-bond acceptors (Lipinski definition) is 4. The van der Waals surface area contributed by atoms with E-state index in [0.717, 1.165) is 11.3 Å². The summed E-state index contributed by atoms with van der Waals surface area (Å²) in [5.74, 6) is 0.786. The topological polar surface area (TPSA) is 63.8 Å². The van der Waals surface area contributed by atoms with Crippen molar-refractivity contribution >= 4 is 0 Å². The molecule has 1 aromatic carbocycles. The van der Waals surface area contributed by atoms with E-state index in [9.17, 15) is 5.11 Å². The molecule has 0 radical (unpaired) electrons.